The maximum absolute atomic E-state index is 13.2. The molecule has 2 aliphatic rings. The molecule has 1 heterocycles. The van der Waals surface area contributed by atoms with E-state index in [4.69, 9.17) is 0 Å². The zero-order valence-corrected chi connectivity index (χ0v) is 16.5. The second-order valence-electron chi connectivity index (χ2n) is 7.50. The molecule has 1 aliphatic heterocycles. The first-order valence-electron chi connectivity index (χ1n) is 9.92. The zero-order valence-electron chi connectivity index (χ0n) is 16.5. The molecule has 158 valence electrons. The van der Waals surface area contributed by atoms with Crippen LogP contribution in [0.4, 0.5) is 10.5 Å². The standard InChI is InChI=1S/C20H28N4O5/c1-29-20(27)21-15-7-5-6-14(12-15)19(26)24-11-10-23(13-17(24)18(25)22-28)16-8-3-2-4-9-16/h2-4,8-9,14-15,17,28H,5-7,10-13H2,1H3,(H,21,27)(H,22,25)/t14-,15-,17-/m0/s1. The topological polar surface area (TPSA) is 111 Å². The van der Waals surface area contributed by atoms with Crippen LogP contribution in [0.15, 0.2) is 30.3 Å². The number of methoxy groups -OCH3 is 1. The molecule has 1 aromatic carbocycles. The fraction of sp³-hybridized carbons (Fsp3) is 0.550. The molecule has 1 saturated carbocycles. The van der Waals surface area contributed by atoms with Gasteiger partial charge in [-0.2, -0.15) is 0 Å². The van der Waals surface area contributed by atoms with Gasteiger partial charge in [0.15, 0.2) is 0 Å². The monoisotopic (exact) mass is 404 g/mol. The molecule has 3 rings (SSSR count). The number of nitrogens with one attached hydrogen (secondary N) is 2. The number of hydrogen-bond acceptors (Lipinski definition) is 6. The molecule has 0 aromatic heterocycles. The predicted octanol–water partition coefficient (Wildman–Crippen LogP) is 1.12. The van der Waals surface area contributed by atoms with Crippen molar-refractivity contribution in [2.45, 2.75) is 37.8 Å². The van der Waals surface area contributed by atoms with Crippen LogP contribution in [-0.2, 0) is 14.3 Å². The molecule has 9 heteroatoms. The van der Waals surface area contributed by atoms with E-state index >= 15 is 0 Å². The largest absolute Gasteiger partial charge is 0.453 e. The number of hydrogen-bond donors (Lipinski definition) is 3. The van der Waals surface area contributed by atoms with Crippen molar-refractivity contribution in [2.24, 2.45) is 5.92 Å². The van der Waals surface area contributed by atoms with E-state index < -0.39 is 18.0 Å². The normalized spacial score (nSPS) is 24.6. The first-order valence-corrected chi connectivity index (χ1v) is 9.92. The number of amides is 3. The van der Waals surface area contributed by atoms with Crippen molar-refractivity contribution < 1.29 is 24.3 Å². The molecule has 3 amide bonds. The molecule has 0 bridgehead atoms. The van der Waals surface area contributed by atoms with Crippen molar-refractivity contribution >= 4 is 23.6 Å². The molecule has 1 saturated heterocycles. The molecular formula is C20H28N4O5. The summed E-state index contributed by atoms with van der Waals surface area (Å²) in [6.07, 6.45) is 2.33. The van der Waals surface area contributed by atoms with Gasteiger partial charge in [-0.25, -0.2) is 10.3 Å². The van der Waals surface area contributed by atoms with E-state index in [-0.39, 0.29) is 17.9 Å². The number of rotatable bonds is 4. The van der Waals surface area contributed by atoms with Crippen LogP contribution in [0.5, 0.6) is 0 Å². The Bertz CT molecular complexity index is 729. The smallest absolute Gasteiger partial charge is 0.407 e. The average molecular weight is 404 g/mol. The molecule has 29 heavy (non-hydrogen) atoms. The average Bonchev–Trinajstić information content (AvgIpc) is 2.78. The molecule has 0 unspecified atom stereocenters. The lowest BCUT2D eigenvalue weighted by Gasteiger charge is -2.43. The van der Waals surface area contributed by atoms with Crippen LogP contribution < -0.4 is 15.7 Å². The maximum atomic E-state index is 13.2. The molecular weight excluding hydrogens is 376 g/mol. The molecule has 0 radical (unpaired) electrons. The second-order valence-corrected chi connectivity index (χ2v) is 7.50. The Morgan fingerprint density at radius 1 is 1.14 bits per heavy atom. The van der Waals surface area contributed by atoms with Crippen LogP contribution >= 0.6 is 0 Å². The summed E-state index contributed by atoms with van der Waals surface area (Å²) in [4.78, 5) is 40.7. The highest BCUT2D eigenvalue weighted by Crippen LogP contribution is 2.28. The first kappa shape index (κ1) is 20.9. The van der Waals surface area contributed by atoms with Gasteiger partial charge in [0.1, 0.15) is 6.04 Å². The van der Waals surface area contributed by atoms with E-state index in [0.29, 0.717) is 32.5 Å². The van der Waals surface area contributed by atoms with E-state index in [0.717, 1.165) is 18.5 Å². The van der Waals surface area contributed by atoms with Gasteiger partial charge in [0, 0.05) is 37.3 Å². The number of anilines is 1. The molecule has 2 fully saturated rings. The van der Waals surface area contributed by atoms with Gasteiger partial charge in [-0.15, -0.1) is 0 Å². The Hall–Kier alpha value is -2.81. The fourth-order valence-electron chi connectivity index (χ4n) is 4.22. The van der Waals surface area contributed by atoms with Gasteiger partial charge in [-0.05, 0) is 31.4 Å². The summed E-state index contributed by atoms with van der Waals surface area (Å²) in [6.45, 7) is 1.29. The van der Waals surface area contributed by atoms with Gasteiger partial charge >= 0.3 is 6.09 Å². The molecule has 1 aromatic rings. The van der Waals surface area contributed by atoms with E-state index in [1.165, 1.54) is 7.11 Å². The molecule has 3 atom stereocenters. The Balaban J connectivity index is 1.70. The quantitative estimate of drug-likeness (QED) is 0.512. The van der Waals surface area contributed by atoms with E-state index in [1.54, 1.807) is 10.4 Å². The van der Waals surface area contributed by atoms with Gasteiger partial charge in [0.05, 0.1) is 7.11 Å². The van der Waals surface area contributed by atoms with E-state index in [2.05, 4.69) is 10.1 Å². The van der Waals surface area contributed by atoms with Crippen LogP contribution in [0.1, 0.15) is 25.7 Å². The number of carbonyl (C=O) groups is 3. The fourth-order valence-corrected chi connectivity index (χ4v) is 4.22. The molecule has 0 spiro atoms. The molecule has 1 aliphatic carbocycles. The van der Waals surface area contributed by atoms with Crippen molar-refractivity contribution in [1.29, 1.82) is 0 Å². The summed E-state index contributed by atoms with van der Waals surface area (Å²) in [5.41, 5.74) is 2.67. The van der Waals surface area contributed by atoms with Crippen LogP contribution in [-0.4, -0.2) is 66.8 Å². The minimum Gasteiger partial charge on any atom is -0.453 e. The highest BCUT2D eigenvalue weighted by Gasteiger charge is 2.39. The second kappa shape index (κ2) is 9.60. The number of piperazine rings is 1. The van der Waals surface area contributed by atoms with Crippen LogP contribution in [0.2, 0.25) is 0 Å². The highest BCUT2D eigenvalue weighted by molar-refractivity contribution is 5.89. The Morgan fingerprint density at radius 2 is 1.90 bits per heavy atom. The van der Waals surface area contributed by atoms with Crippen molar-refractivity contribution in [3.05, 3.63) is 30.3 Å². The van der Waals surface area contributed by atoms with Crippen LogP contribution in [0.25, 0.3) is 0 Å². The van der Waals surface area contributed by atoms with E-state index in [1.807, 2.05) is 35.2 Å². The SMILES string of the molecule is COC(=O)N[C@H]1CCC[C@H](C(=O)N2CCN(c3ccccc3)C[C@H]2C(=O)NO)C1. The Kier molecular flexibility index (Phi) is 6.92. The third-order valence-corrected chi connectivity index (χ3v) is 5.73. The highest BCUT2D eigenvalue weighted by atomic mass is 16.5. The number of alkyl carbamates (subject to hydrolysis) is 1. The van der Waals surface area contributed by atoms with Crippen molar-refractivity contribution in [1.82, 2.24) is 15.7 Å². The summed E-state index contributed by atoms with van der Waals surface area (Å²) < 4.78 is 4.65. The minimum absolute atomic E-state index is 0.109. The number of carbonyl (C=O) groups excluding carboxylic acids is 3. The van der Waals surface area contributed by atoms with Crippen LogP contribution in [0, 0.1) is 5.92 Å². The molecule has 3 N–H and O–H groups in total. The lowest BCUT2D eigenvalue weighted by molar-refractivity contribution is -0.148. The van der Waals surface area contributed by atoms with Gasteiger partial charge < -0.3 is 19.9 Å². The maximum Gasteiger partial charge on any atom is 0.407 e. The lowest BCUT2D eigenvalue weighted by Crippen LogP contribution is -2.61. The third kappa shape index (κ3) is 4.97. The van der Waals surface area contributed by atoms with E-state index in [9.17, 15) is 19.6 Å². The summed E-state index contributed by atoms with van der Waals surface area (Å²) in [6, 6.07) is 8.76. The Labute approximate surface area is 169 Å². The van der Waals surface area contributed by atoms with Crippen LogP contribution in [0.3, 0.4) is 0 Å². The first-order chi connectivity index (χ1) is 14.0. The van der Waals surface area contributed by atoms with Gasteiger partial charge in [-0.3, -0.25) is 14.8 Å². The van der Waals surface area contributed by atoms with Gasteiger partial charge in [0.2, 0.25) is 5.91 Å². The zero-order chi connectivity index (χ0) is 20.8. The van der Waals surface area contributed by atoms with Crippen molar-refractivity contribution in [3.8, 4) is 0 Å². The number of nitrogens with zero attached hydrogens (tertiary/aromatic N) is 2. The minimum atomic E-state index is -0.782. The summed E-state index contributed by atoms with van der Waals surface area (Å²) >= 11 is 0. The number of hydroxylamine groups is 1. The van der Waals surface area contributed by atoms with Gasteiger partial charge in [-0.1, -0.05) is 24.6 Å². The number of ether oxygens (including phenoxy) is 1. The van der Waals surface area contributed by atoms with Crippen molar-refractivity contribution in [3.63, 3.8) is 0 Å². The number of para-hydroxylation sites is 1. The third-order valence-electron chi connectivity index (χ3n) is 5.73. The lowest BCUT2D eigenvalue weighted by atomic mass is 9.84. The van der Waals surface area contributed by atoms with Crippen molar-refractivity contribution in [2.75, 3.05) is 31.6 Å². The predicted molar refractivity (Wildman–Crippen MR) is 105 cm³/mol. The Morgan fingerprint density at radius 3 is 2.59 bits per heavy atom. The summed E-state index contributed by atoms with van der Waals surface area (Å²) in [7, 11) is 1.31. The summed E-state index contributed by atoms with van der Waals surface area (Å²) in [5, 5.41) is 12.0. The number of benzene rings is 1. The van der Waals surface area contributed by atoms with Gasteiger partial charge in [0.25, 0.3) is 5.91 Å². The summed E-state index contributed by atoms with van der Waals surface area (Å²) in [5.74, 6) is -0.982. The molecule has 9 nitrogen and oxygen atoms in total.